The second-order valence-electron chi connectivity index (χ2n) is 9.52. The molecule has 3 aromatic rings. The fourth-order valence-corrected chi connectivity index (χ4v) is 6.44. The molecule has 0 spiro atoms. The second-order valence-corrected chi connectivity index (χ2v) is 11.1. The third kappa shape index (κ3) is 6.35. The lowest BCUT2D eigenvalue weighted by molar-refractivity contribution is -0.143. The maximum Gasteiger partial charge on any atom is 0.249 e. The van der Waals surface area contributed by atoms with Crippen molar-refractivity contribution in [3.63, 3.8) is 0 Å². The van der Waals surface area contributed by atoms with Crippen molar-refractivity contribution >= 4 is 40.2 Å². The number of hydroxylamine groups is 1. The van der Waals surface area contributed by atoms with Crippen LogP contribution in [-0.4, -0.2) is 65.7 Å². The predicted octanol–water partition coefficient (Wildman–Crippen LogP) is 5.10. The quantitative estimate of drug-likeness (QED) is 0.169. The number of aliphatic hydroxyl groups is 1. The summed E-state index contributed by atoms with van der Waals surface area (Å²) in [5.41, 5.74) is 2.38. The van der Waals surface area contributed by atoms with Crippen LogP contribution in [0.2, 0.25) is 5.02 Å². The number of halogens is 1. The highest BCUT2D eigenvalue weighted by Gasteiger charge is 2.41. The first kappa shape index (κ1) is 28.4. The fraction of sp³-hybridized carbons (Fsp3) is 0.429. The molecule has 1 aliphatic heterocycles. The first-order chi connectivity index (χ1) is 18.4. The van der Waals surface area contributed by atoms with E-state index >= 15 is 0 Å². The van der Waals surface area contributed by atoms with Crippen molar-refractivity contribution in [2.24, 2.45) is 5.41 Å². The van der Waals surface area contributed by atoms with E-state index in [1.54, 1.807) is 26.0 Å². The molecule has 8 nitrogen and oxygen atoms in total. The van der Waals surface area contributed by atoms with Crippen LogP contribution >= 0.6 is 23.4 Å². The average Bonchev–Trinajstić information content (AvgIpc) is 2.96. The van der Waals surface area contributed by atoms with Crippen LogP contribution in [0.25, 0.3) is 10.9 Å². The topological polar surface area (TPSA) is 104 Å². The second kappa shape index (κ2) is 13.0. The number of ether oxygens (including phenoxy) is 2. The van der Waals surface area contributed by atoms with E-state index in [-0.39, 0.29) is 0 Å². The van der Waals surface area contributed by atoms with Gasteiger partial charge in [-0.15, -0.1) is 11.8 Å². The molecule has 4 rings (SSSR count). The normalized spacial score (nSPS) is 16.2. The SMILES string of the molecule is COc1ccc2ncc(Cl)c([C@H](O)CCC3(C(=O)NO)CCN(CCSc4ccccc4OC)CC3)c2c1. The molecule has 0 bridgehead atoms. The Hall–Kier alpha value is -2.56. The lowest BCUT2D eigenvalue weighted by Crippen LogP contribution is -2.48. The lowest BCUT2D eigenvalue weighted by atomic mass is 9.73. The molecule has 2 heterocycles. The largest absolute Gasteiger partial charge is 0.497 e. The van der Waals surface area contributed by atoms with E-state index in [1.165, 1.54) is 6.20 Å². The van der Waals surface area contributed by atoms with Crippen molar-refractivity contribution in [2.45, 2.75) is 36.7 Å². The third-order valence-electron chi connectivity index (χ3n) is 7.43. The minimum Gasteiger partial charge on any atom is -0.497 e. The number of methoxy groups -OCH3 is 2. The molecule has 1 saturated heterocycles. The molecule has 0 radical (unpaired) electrons. The summed E-state index contributed by atoms with van der Waals surface area (Å²) >= 11 is 8.22. The lowest BCUT2D eigenvalue weighted by Gasteiger charge is -2.40. The van der Waals surface area contributed by atoms with Gasteiger partial charge in [-0.2, -0.15) is 0 Å². The Morgan fingerprint density at radius 3 is 2.68 bits per heavy atom. The van der Waals surface area contributed by atoms with Crippen molar-refractivity contribution in [3.8, 4) is 11.5 Å². The van der Waals surface area contributed by atoms with Crippen molar-refractivity contribution in [3.05, 3.63) is 59.2 Å². The Morgan fingerprint density at radius 1 is 1.21 bits per heavy atom. The zero-order chi connectivity index (χ0) is 27.1. The number of aromatic nitrogens is 1. The summed E-state index contributed by atoms with van der Waals surface area (Å²) in [7, 11) is 3.25. The zero-order valence-electron chi connectivity index (χ0n) is 21.7. The first-order valence-electron chi connectivity index (χ1n) is 12.6. The van der Waals surface area contributed by atoms with Gasteiger partial charge in [0.2, 0.25) is 5.91 Å². The van der Waals surface area contributed by atoms with Crippen LogP contribution in [0.15, 0.2) is 53.6 Å². The number of pyridine rings is 1. The van der Waals surface area contributed by atoms with Gasteiger partial charge in [-0.05, 0) is 69.1 Å². The van der Waals surface area contributed by atoms with Crippen LogP contribution in [-0.2, 0) is 4.79 Å². The Morgan fingerprint density at radius 2 is 1.97 bits per heavy atom. The van der Waals surface area contributed by atoms with Gasteiger partial charge in [0.1, 0.15) is 11.5 Å². The van der Waals surface area contributed by atoms with Crippen molar-refractivity contribution in [1.29, 1.82) is 0 Å². The number of benzene rings is 2. The predicted molar refractivity (Wildman–Crippen MR) is 149 cm³/mol. The molecule has 10 heteroatoms. The molecule has 1 amide bonds. The van der Waals surface area contributed by atoms with Crippen LogP contribution in [0.1, 0.15) is 37.4 Å². The van der Waals surface area contributed by atoms with Gasteiger partial charge in [0.25, 0.3) is 0 Å². The summed E-state index contributed by atoms with van der Waals surface area (Å²) in [5.74, 6) is 2.01. The number of rotatable bonds is 11. The van der Waals surface area contributed by atoms with Gasteiger partial charge in [-0.3, -0.25) is 15.0 Å². The summed E-state index contributed by atoms with van der Waals surface area (Å²) in [5, 5.41) is 21.8. The smallest absolute Gasteiger partial charge is 0.249 e. The molecular formula is C28H34ClN3O5S. The maximum atomic E-state index is 12.8. The number of piperidine rings is 1. The Bertz CT molecular complexity index is 1250. The van der Waals surface area contributed by atoms with Gasteiger partial charge in [0.05, 0.1) is 36.3 Å². The van der Waals surface area contributed by atoms with Crippen molar-refractivity contribution < 1.29 is 24.6 Å². The number of likely N-dealkylation sites (tertiary alicyclic amines) is 1. The van der Waals surface area contributed by atoms with E-state index in [2.05, 4.69) is 16.0 Å². The van der Waals surface area contributed by atoms with E-state index < -0.39 is 17.4 Å². The molecule has 1 atom stereocenters. The van der Waals surface area contributed by atoms with Gasteiger partial charge < -0.3 is 19.5 Å². The number of aliphatic hydroxyl groups excluding tert-OH is 1. The van der Waals surface area contributed by atoms with Crippen LogP contribution in [0.3, 0.4) is 0 Å². The average molecular weight is 560 g/mol. The number of fused-ring (bicyclic) bond motifs is 1. The zero-order valence-corrected chi connectivity index (χ0v) is 23.2. The molecule has 204 valence electrons. The number of hydrogen-bond acceptors (Lipinski definition) is 8. The number of nitrogens with zero attached hydrogens (tertiary/aromatic N) is 2. The minimum absolute atomic E-state index is 0.313. The third-order valence-corrected chi connectivity index (χ3v) is 8.76. The first-order valence-corrected chi connectivity index (χ1v) is 14.0. The monoisotopic (exact) mass is 559 g/mol. The van der Waals surface area contributed by atoms with E-state index in [9.17, 15) is 15.1 Å². The van der Waals surface area contributed by atoms with Crippen LogP contribution < -0.4 is 15.0 Å². The molecule has 1 aromatic heterocycles. The summed E-state index contributed by atoms with van der Waals surface area (Å²) in [6.07, 6.45) is 2.53. The standard InChI is InChI=1S/C28H34ClN3O5S/c1-36-19-7-8-22-20(17-19)26(21(29)18-30-22)23(33)9-10-28(27(34)31-35)11-13-32(14-12-28)15-16-38-25-6-4-3-5-24(25)37-2/h3-8,17-18,23,33,35H,9-16H2,1-2H3,(H,31,34)/t23-/m1/s1. The molecule has 1 fully saturated rings. The van der Waals surface area contributed by atoms with Crippen LogP contribution in [0, 0.1) is 5.41 Å². The Balaban J connectivity index is 1.39. The van der Waals surface area contributed by atoms with Gasteiger partial charge >= 0.3 is 0 Å². The molecule has 38 heavy (non-hydrogen) atoms. The number of carbonyl (C=O) groups excluding carboxylic acids is 1. The summed E-state index contributed by atoms with van der Waals surface area (Å²) < 4.78 is 10.8. The molecule has 0 unspecified atom stereocenters. The fourth-order valence-electron chi connectivity index (χ4n) is 5.13. The van der Waals surface area contributed by atoms with E-state index in [1.807, 2.05) is 41.9 Å². The van der Waals surface area contributed by atoms with E-state index in [0.29, 0.717) is 52.9 Å². The number of thioether (sulfide) groups is 1. The molecule has 1 aliphatic rings. The summed E-state index contributed by atoms with van der Waals surface area (Å²) in [4.78, 5) is 20.6. The summed E-state index contributed by atoms with van der Waals surface area (Å²) in [6.45, 7) is 2.33. The van der Waals surface area contributed by atoms with Gasteiger partial charge in [0.15, 0.2) is 0 Å². The molecular weight excluding hydrogens is 526 g/mol. The van der Waals surface area contributed by atoms with Gasteiger partial charge in [-0.1, -0.05) is 23.7 Å². The van der Waals surface area contributed by atoms with Crippen molar-refractivity contribution in [1.82, 2.24) is 15.4 Å². The Labute approximate surface area is 232 Å². The number of carbonyl (C=O) groups is 1. The van der Waals surface area contributed by atoms with Gasteiger partial charge in [0, 0.05) is 34.3 Å². The maximum absolute atomic E-state index is 12.8. The van der Waals surface area contributed by atoms with Crippen LogP contribution in [0.5, 0.6) is 11.5 Å². The van der Waals surface area contributed by atoms with E-state index in [0.717, 1.165) is 36.0 Å². The molecule has 0 aliphatic carbocycles. The van der Waals surface area contributed by atoms with Gasteiger partial charge in [-0.25, -0.2) is 5.48 Å². The highest BCUT2D eigenvalue weighted by Crippen LogP contribution is 2.41. The highest BCUT2D eigenvalue weighted by molar-refractivity contribution is 7.99. The summed E-state index contributed by atoms with van der Waals surface area (Å²) in [6, 6.07) is 13.4. The molecule has 3 N–H and O–H groups in total. The molecule has 2 aromatic carbocycles. The van der Waals surface area contributed by atoms with E-state index in [4.69, 9.17) is 21.1 Å². The van der Waals surface area contributed by atoms with Crippen LogP contribution in [0.4, 0.5) is 0 Å². The number of nitrogens with one attached hydrogen (secondary N) is 1. The Kier molecular flexibility index (Phi) is 9.73. The highest BCUT2D eigenvalue weighted by atomic mass is 35.5. The number of amides is 1. The molecule has 0 saturated carbocycles. The number of hydrogen-bond donors (Lipinski definition) is 3. The van der Waals surface area contributed by atoms with Crippen molar-refractivity contribution in [2.75, 3.05) is 39.6 Å². The minimum atomic E-state index is -0.904. The number of para-hydroxylation sites is 1.